The van der Waals surface area contributed by atoms with E-state index in [0.29, 0.717) is 12.3 Å². The minimum absolute atomic E-state index is 0.0710. The van der Waals surface area contributed by atoms with Gasteiger partial charge in [0.15, 0.2) is 0 Å². The van der Waals surface area contributed by atoms with E-state index in [1.54, 1.807) is 6.26 Å². The van der Waals surface area contributed by atoms with E-state index in [1.807, 2.05) is 0 Å². The van der Waals surface area contributed by atoms with Crippen molar-refractivity contribution >= 4 is 5.97 Å². The number of carbonyl (C=O) groups is 1. The van der Waals surface area contributed by atoms with Crippen LogP contribution in [0.25, 0.3) is 0 Å². The van der Waals surface area contributed by atoms with Crippen molar-refractivity contribution in [1.82, 2.24) is 0 Å². The van der Waals surface area contributed by atoms with Gasteiger partial charge in [-0.1, -0.05) is 26.7 Å². The van der Waals surface area contributed by atoms with Crippen LogP contribution in [0.15, 0.2) is 11.8 Å². The summed E-state index contributed by atoms with van der Waals surface area (Å²) in [5.74, 6) is 0.379. The van der Waals surface area contributed by atoms with Crippen molar-refractivity contribution in [1.29, 1.82) is 0 Å². The summed E-state index contributed by atoms with van der Waals surface area (Å²) in [6.45, 7) is 4.29. The van der Waals surface area contributed by atoms with Crippen LogP contribution in [0.5, 0.6) is 0 Å². The van der Waals surface area contributed by atoms with E-state index >= 15 is 0 Å². The summed E-state index contributed by atoms with van der Waals surface area (Å²) in [7, 11) is 0. The van der Waals surface area contributed by atoms with Crippen LogP contribution in [-0.4, -0.2) is 5.97 Å². The van der Waals surface area contributed by atoms with Gasteiger partial charge in [-0.3, -0.25) is 4.79 Å². The molecule has 0 fully saturated rings. The molecular formula is C11H18O2. The van der Waals surface area contributed by atoms with Gasteiger partial charge in [0.25, 0.3) is 0 Å². The Balaban J connectivity index is 2.52. The lowest BCUT2D eigenvalue weighted by Crippen LogP contribution is -2.17. The first kappa shape index (κ1) is 10.3. The molecule has 2 heteroatoms. The van der Waals surface area contributed by atoms with Gasteiger partial charge >= 0.3 is 5.97 Å². The predicted octanol–water partition coefficient (Wildman–Crippen LogP) is 3.03. The molecule has 1 unspecified atom stereocenters. The molecule has 1 aliphatic rings. The van der Waals surface area contributed by atoms with Gasteiger partial charge in [0, 0.05) is 0 Å². The molecule has 74 valence electrons. The Bertz CT molecular complexity index is 206. The van der Waals surface area contributed by atoms with Crippen molar-refractivity contribution in [2.24, 2.45) is 5.92 Å². The lowest BCUT2D eigenvalue weighted by Gasteiger charge is -2.21. The number of esters is 1. The van der Waals surface area contributed by atoms with Crippen LogP contribution in [0, 0.1) is 5.92 Å². The predicted molar refractivity (Wildman–Crippen MR) is 52.1 cm³/mol. The van der Waals surface area contributed by atoms with E-state index in [-0.39, 0.29) is 5.97 Å². The summed E-state index contributed by atoms with van der Waals surface area (Å²) < 4.78 is 4.89. The Labute approximate surface area is 80.0 Å². The average Bonchev–Trinajstić information content (AvgIpc) is 2.15. The Morgan fingerprint density at radius 2 is 2.31 bits per heavy atom. The molecule has 0 bridgehead atoms. The highest BCUT2D eigenvalue weighted by Gasteiger charge is 2.22. The standard InChI is InChI=1S/C11H18O2/c1-3-5-6-10-7-11(12)13-8-9(10)4-2/h8,10H,3-7H2,1-2H3. The summed E-state index contributed by atoms with van der Waals surface area (Å²) in [6, 6.07) is 0. The smallest absolute Gasteiger partial charge is 0.311 e. The molecule has 0 saturated heterocycles. The molecule has 0 aromatic heterocycles. The van der Waals surface area contributed by atoms with Crippen molar-refractivity contribution in [3.63, 3.8) is 0 Å². The van der Waals surface area contributed by atoms with Crippen LogP contribution in [0.1, 0.15) is 46.0 Å². The van der Waals surface area contributed by atoms with Gasteiger partial charge in [0.1, 0.15) is 0 Å². The van der Waals surface area contributed by atoms with Gasteiger partial charge in [-0.15, -0.1) is 0 Å². The number of unbranched alkanes of at least 4 members (excludes halogenated alkanes) is 1. The fourth-order valence-corrected chi connectivity index (χ4v) is 1.73. The van der Waals surface area contributed by atoms with Gasteiger partial charge < -0.3 is 4.74 Å². The van der Waals surface area contributed by atoms with Crippen LogP contribution in [0.2, 0.25) is 0 Å². The fraction of sp³-hybridized carbons (Fsp3) is 0.727. The van der Waals surface area contributed by atoms with Crippen LogP contribution >= 0.6 is 0 Å². The number of carbonyl (C=O) groups excluding carboxylic acids is 1. The van der Waals surface area contributed by atoms with Gasteiger partial charge in [0.05, 0.1) is 12.7 Å². The Morgan fingerprint density at radius 1 is 1.54 bits per heavy atom. The van der Waals surface area contributed by atoms with Gasteiger partial charge in [-0.05, 0) is 24.3 Å². The zero-order valence-electron chi connectivity index (χ0n) is 8.51. The van der Waals surface area contributed by atoms with Crippen molar-refractivity contribution < 1.29 is 9.53 Å². The maximum atomic E-state index is 11.0. The van der Waals surface area contributed by atoms with Crippen molar-refractivity contribution in [3.8, 4) is 0 Å². The van der Waals surface area contributed by atoms with Crippen LogP contribution in [0.4, 0.5) is 0 Å². The molecule has 1 rings (SSSR count). The normalized spacial score (nSPS) is 22.5. The summed E-state index contributed by atoms with van der Waals surface area (Å²) in [4.78, 5) is 11.0. The molecule has 1 aliphatic heterocycles. The molecule has 0 saturated carbocycles. The second kappa shape index (κ2) is 5.05. The first-order chi connectivity index (χ1) is 6.27. The van der Waals surface area contributed by atoms with E-state index in [1.165, 1.54) is 18.4 Å². The first-order valence-electron chi connectivity index (χ1n) is 5.16. The second-order valence-electron chi connectivity index (χ2n) is 3.58. The maximum Gasteiger partial charge on any atom is 0.311 e. The zero-order chi connectivity index (χ0) is 9.68. The van der Waals surface area contributed by atoms with E-state index < -0.39 is 0 Å². The molecule has 13 heavy (non-hydrogen) atoms. The monoisotopic (exact) mass is 182 g/mol. The fourth-order valence-electron chi connectivity index (χ4n) is 1.73. The summed E-state index contributed by atoms with van der Waals surface area (Å²) in [5, 5.41) is 0. The molecule has 0 N–H and O–H groups in total. The average molecular weight is 182 g/mol. The number of allylic oxidation sites excluding steroid dienone is 1. The molecule has 0 radical (unpaired) electrons. The highest BCUT2D eigenvalue weighted by molar-refractivity contribution is 5.72. The Kier molecular flexibility index (Phi) is 4.00. The third-order valence-electron chi connectivity index (χ3n) is 2.59. The molecule has 0 aliphatic carbocycles. The van der Waals surface area contributed by atoms with Crippen LogP contribution in [0.3, 0.4) is 0 Å². The molecule has 0 amide bonds. The third kappa shape index (κ3) is 2.87. The molecular weight excluding hydrogens is 164 g/mol. The topological polar surface area (TPSA) is 26.3 Å². The summed E-state index contributed by atoms with van der Waals surface area (Å²) in [6.07, 6.45) is 6.77. The largest absolute Gasteiger partial charge is 0.435 e. The maximum absolute atomic E-state index is 11.0. The Morgan fingerprint density at radius 3 is 2.92 bits per heavy atom. The zero-order valence-corrected chi connectivity index (χ0v) is 8.51. The van der Waals surface area contributed by atoms with Crippen LogP contribution in [-0.2, 0) is 9.53 Å². The minimum Gasteiger partial charge on any atom is -0.435 e. The van der Waals surface area contributed by atoms with E-state index in [0.717, 1.165) is 12.8 Å². The summed E-state index contributed by atoms with van der Waals surface area (Å²) in [5.41, 5.74) is 1.30. The number of cyclic esters (lactones) is 1. The van der Waals surface area contributed by atoms with Gasteiger partial charge in [0.2, 0.25) is 0 Å². The SMILES string of the molecule is CCCCC1CC(=O)OC=C1CC. The number of hydrogen-bond acceptors (Lipinski definition) is 2. The highest BCUT2D eigenvalue weighted by Crippen LogP contribution is 2.28. The number of rotatable bonds is 4. The van der Waals surface area contributed by atoms with E-state index in [4.69, 9.17) is 4.74 Å². The molecule has 1 atom stereocenters. The molecule has 2 nitrogen and oxygen atoms in total. The number of hydrogen-bond donors (Lipinski definition) is 0. The van der Waals surface area contributed by atoms with Crippen molar-refractivity contribution in [2.45, 2.75) is 46.0 Å². The van der Waals surface area contributed by atoms with Crippen LogP contribution < -0.4 is 0 Å². The highest BCUT2D eigenvalue weighted by atomic mass is 16.5. The van der Waals surface area contributed by atoms with Crippen molar-refractivity contribution in [3.05, 3.63) is 11.8 Å². The molecule has 0 aromatic carbocycles. The van der Waals surface area contributed by atoms with E-state index in [9.17, 15) is 4.79 Å². The lowest BCUT2D eigenvalue weighted by molar-refractivity contribution is -0.140. The minimum atomic E-state index is -0.0710. The van der Waals surface area contributed by atoms with Gasteiger partial charge in [-0.2, -0.15) is 0 Å². The quantitative estimate of drug-likeness (QED) is 0.625. The number of ether oxygens (including phenoxy) is 1. The van der Waals surface area contributed by atoms with Crippen molar-refractivity contribution in [2.75, 3.05) is 0 Å². The molecule has 0 spiro atoms. The summed E-state index contributed by atoms with van der Waals surface area (Å²) >= 11 is 0. The lowest BCUT2D eigenvalue weighted by atomic mass is 9.88. The Hall–Kier alpha value is -0.790. The molecule has 1 heterocycles. The second-order valence-corrected chi connectivity index (χ2v) is 3.58. The van der Waals surface area contributed by atoms with Gasteiger partial charge in [-0.25, -0.2) is 0 Å². The third-order valence-corrected chi connectivity index (χ3v) is 2.59. The van der Waals surface area contributed by atoms with E-state index in [2.05, 4.69) is 13.8 Å². The molecule has 0 aromatic rings. The first-order valence-corrected chi connectivity index (χ1v) is 5.16.